The van der Waals surface area contributed by atoms with E-state index in [0.29, 0.717) is 6.42 Å². The highest BCUT2D eigenvalue weighted by Gasteiger charge is 2.41. The number of ether oxygens (including phenoxy) is 2. The first-order valence-electron chi connectivity index (χ1n) is 13.6. The molecule has 5 N–H and O–H groups in total. The lowest BCUT2D eigenvalue weighted by molar-refractivity contribution is -0.162. The Bertz CT molecular complexity index is 489. The molecule has 8 nitrogen and oxygen atoms in total. The molecule has 0 saturated carbocycles. The number of aliphatic hydroxyl groups excluding tert-OH is 5. The van der Waals surface area contributed by atoms with E-state index in [-0.39, 0.29) is 19.6 Å². The van der Waals surface area contributed by atoms with Crippen LogP contribution in [-0.4, -0.2) is 81.8 Å². The molecule has 1 heterocycles. The maximum Gasteiger partial charge on any atom is 0.306 e. The van der Waals surface area contributed by atoms with Crippen LogP contribution in [0.2, 0.25) is 0 Å². The zero-order valence-electron chi connectivity index (χ0n) is 21.0. The van der Waals surface area contributed by atoms with E-state index in [9.17, 15) is 25.2 Å². The minimum atomic E-state index is -1.15. The Labute approximate surface area is 205 Å². The molecule has 0 radical (unpaired) electrons. The molecule has 0 bridgehead atoms. The summed E-state index contributed by atoms with van der Waals surface area (Å²) in [6.07, 6.45) is 14.1. The first-order valence-corrected chi connectivity index (χ1v) is 13.6. The summed E-state index contributed by atoms with van der Waals surface area (Å²) in [6.45, 7) is -0.599. The molecular formula is C26H50O8. The summed E-state index contributed by atoms with van der Waals surface area (Å²) in [5.41, 5.74) is 0. The van der Waals surface area contributed by atoms with Crippen molar-refractivity contribution in [1.29, 1.82) is 0 Å². The SMILES string of the molecule is O=C(CCCCCCCCCCCCCCCCC[C@H](O)CO)O[C@H](CO)[C@H]1OC[C@H](O)[C@H]1O. The van der Waals surface area contributed by atoms with Gasteiger partial charge in [-0.25, -0.2) is 0 Å². The third-order valence-corrected chi connectivity index (χ3v) is 6.65. The number of carbonyl (C=O) groups excluding carboxylic acids is 1. The van der Waals surface area contributed by atoms with Gasteiger partial charge < -0.3 is 35.0 Å². The van der Waals surface area contributed by atoms with Crippen LogP contribution in [0.15, 0.2) is 0 Å². The van der Waals surface area contributed by atoms with Crippen molar-refractivity contribution < 1.29 is 39.8 Å². The van der Waals surface area contributed by atoms with Crippen LogP contribution in [0.5, 0.6) is 0 Å². The van der Waals surface area contributed by atoms with Gasteiger partial charge in [0.25, 0.3) is 0 Å². The van der Waals surface area contributed by atoms with Gasteiger partial charge in [-0.1, -0.05) is 89.9 Å². The van der Waals surface area contributed by atoms with Crippen LogP contribution in [0, 0.1) is 0 Å². The number of hydrogen-bond donors (Lipinski definition) is 5. The maximum atomic E-state index is 12.0. The molecule has 0 spiro atoms. The Morgan fingerprint density at radius 1 is 0.765 bits per heavy atom. The molecule has 0 aromatic carbocycles. The fraction of sp³-hybridized carbons (Fsp3) is 0.962. The van der Waals surface area contributed by atoms with Crippen LogP contribution in [0.3, 0.4) is 0 Å². The van der Waals surface area contributed by atoms with E-state index >= 15 is 0 Å². The van der Waals surface area contributed by atoms with Crippen LogP contribution in [0.1, 0.15) is 109 Å². The normalized spacial score (nSPS) is 22.1. The molecule has 1 aliphatic rings. The van der Waals surface area contributed by atoms with E-state index in [2.05, 4.69) is 0 Å². The van der Waals surface area contributed by atoms with Crippen molar-refractivity contribution in [3.05, 3.63) is 0 Å². The Balaban J connectivity index is 1.84. The Hall–Kier alpha value is -0.770. The lowest BCUT2D eigenvalue weighted by Crippen LogP contribution is -2.43. The second kappa shape index (κ2) is 20.4. The minimum Gasteiger partial charge on any atom is -0.457 e. The van der Waals surface area contributed by atoms with Gasteiger partial charge in [0.1, 0.15) is 18.3 Å². The van der Waals surface area contributed by atoms with Crippen LogP contribution >= 0.6 is 0 Å². The Morgan fingerprint density at radius 2 is 1.24 bits per heavy atom. The first kappa shape index (κ1) is 31.3. The van der Waals surface area contributed by atoms with Crippen molar-refractivity contribution >= 4 is 5.97 Å². The lowest BCUT2D eigenvalue weighted by Gasteiger charge is -2.24. The second-order valence-corrected chi connectivity index (χ2v) is 9.75. The van der Waals surface area contributed by atoms with E-state index in [4.69, 9.17) is 14.6 Å². The van der Waals surface area contributed by atoms with Crippen LogP contribution in [0.25, 0.3) is 0 Å². The summed E-state index contributed by atoms with van der Waals surface area (Å²) in [5.74, 6) is -0.406. The number of esters is 1. The molecule has 0 aromatic heterocycles. The minimum absolute atomic E-state index is 0.0276. The molecule has 202 valence electrons. The summed E-state index contributed by atoms with van der Waals surface area (Å²) >= 11 is 0. The van der Waals surface area contributed by atoms with E-state index in [1.165, 1.54) is 64.2 Å². The smallest absolute Gasteiger partial charge is 0.306 e. The predicted octanol–water partition coefficient (Wildman–Crippen LogP) is 3.00. The summed E-state index contributed by atoms with van der Waals surface area (Å²) < 4.78 is 10.5. The van der Waals surface area contributed by atoms with Gasteiger partial charge in [0, 0.05) is 6.42 Å². The maximum absolute atomic E-state index is 12.0. The Kier molecular flexibility index (Phi) is 18.8. The molecule has 5 atom stereocenters. The lowest BCUT2D eigenvalue weighted by atomic mass is 10.0. The van der Waals surface area contributed by atoms with Crippen molar-refractivity contribution in [1.82, 2.24) is 0 Å². The van der Waals surface area contributed by atoms with E-state index < -0.39 is 43.1 Å². The topological polar surface area (TPSA) is 137 Å². The molecule has 0 unspecified atom stereocenters. The van der Waals surface area contributed by atoms with Gasteiger partial charge in [-0.15, -0.1) is 0 Å². The van der Waals surface area contributed by atoms with Gasteiger partial charge in [-0.3, -0.25) is 4.79 Å². The van der Waals surface area contributed by atoms with Crippen molar-refractivity contribution in [3.8, 4) is 0 Å². The van der Waals surface area contributed by atoms with Crippen LogP contribution in [-0.2, 0) is 14.3 Å². The third-order valence-electron chi connectivity index (χ3n) is 6.65. The highest BCUT2D eigenvalue weighted by Crippen LogP contribution is 2.20. The molecule has 0 amide bonds. The Morgan fingerprint density at radius 3 is 1.65 bits per heavy atom. The van der Waals surface area contributed by atoms with Gasteiger partial charge in [0.2, 0.25) is 0 Å². The average molecular weight is 491 g/mol. The molecule has 1 saturated heterocycles. The number of rotatable bonds is 22. The highest BCUT2D eigenvalue weighted by molar-refractivity contribution is 5.69. The molecule has 1 aliphatic heterocycles. The predicted molar refractivity (Wildman–Crippen MR) is 130 cm³/mol. The summed E-state index contributed by atoms with van der Waals surface area (Å²) in [4.78, 5) is 12.0. The fourth-order valence-corrected chi connectivity index (χ4v) is 4.43. The van der Waals surface area contributed by atoms with E-state index in [1.807, 2.05) is 0 Å². The quantitative estimate of drug-likeness (QED) is 0.115. The monoisotopic (exact) mass is 490 g/mol. The second-order valence-electron chi connectivity index (χ2n) is 9.75. The molecular weight excluding hydrogens is 440 g/mol. The van der Waals surface area contributed by atoms with Crippen LogP contribution < -0.4 is 0 Å². The molecule has 0 aromatic rings. The highest BCUT2D eigenvalue weighted by atomic mass is 16.6. The van der Waals surface area contributed by atoms with Gasteiger partial charge >= 0.3 is 5.97 Å². The zero-order valence-corrected chi connectivity index (χ0v) is 21.0. The standard InChI is InChI=1S/C26H50O8/c27-18-21(29)16-14-12-10-8-6-4-2-1-3-5-7-9-11-13-15-17-24(31)34-23(19-28)26-25(32)22(30)20-33-26/h21-23,25-30,32H,1-20H2/t21-,22-,23+,25+,26+/m0/s1. The molecule has 0 aliphatic carbocycles. The average Bonchev–Trinajstić information content (AvgIpc) is 3.17. The molecule has 8 heteroatoms. The van der Waals surface area contributed by atoms with Gasteiger partial charge in [0.05, 0.1) is 25.9 Å². The fourth-order valence-electron chi connectivity index (χ4n) is 4.43. The van der Waals surface area contributed by atoms with Crippen molar-refractivity contribution in [2.24, 2.45) is 0 Å². The number of hydrogen-bond acceptors (Lipinski definition) is 8. The van der Waals surface area contributed by atoms with Crippen molar-refractivity contribution in [2.45, 2.75) is 140 Å². The summed E-state index contributed by atoms with van der Waals surface area (Å²) in [7, 11) is 0. The molecule has 1 rings (SSSR count). The molecule has 34 heavy (non-hydrogen) atoms. The number of aliphatic hydroxyl groups is 5. The van der Waals surface area contributed by atoms with E-state index in [0.717, 1.165) is 32.1 Å². The van der Waals surface area contributed by atoms with Crippen molar-refractivity contribution in [3.63, 3.8) is 0 Å². The van der Waals surface area contributed by atoms with Crippen molar-refractivity contribution in [2.75, 3.05) is 19.8 Å². The summed E-state index contributed by atoms with van der Waals surface area (Å²) in [5, 5.41) is 46.8. The van der Waals surface area contributed by atoms with Gasteiger partial charge in [-0.05, 0) is 12.8 Å². The summed E-state index contributed by atoms with van der Waals surface area (Å²) in [6, 6.07) is 0. The zero-order chi connectivity index (χ0) is 25.0. The van der Waals surface area contributed by atoms with Gasteiger partial charge in [-0.2, -0.15) is 0 Å². The number of carbonyl (C=O) groups is 1. The number of unbranched alkanes of at least 4 members (excludes halogenated alkanes) is 14. The largest absolute Gasteiger partial charge is 0.457 e. The third kappa shape index (κ3) is 14.6. The molecule has 1 fully saturated rings. The van der Waals surface area contributed by atoms with E-state index in [1.54, 1.807) is 0 Å². The first-order chi connectivity index (χ1) is 16.5. The van der Waals surface area contributed by atoms with Crippen LogP contribution in [0.4, 0.5) is 0 Å². The van der Waals surface area contributed by atoms with Gasteiger partial charge in [0.15, 0.2) is 6.10 Å².